The van der Waals surface area contributed by atoms with Crippen LogP contribution in [0.1, 0.15) is 34.0 Å². The van der Waals surface area contributed by atoms with Crippen LogP contribution in [-0.2, 0) is 9.53 Å². The highest BCUT2D eigenvalue weighted by atomic mass is 16.5. The van der Waals surface area contributed by atoms with E-state index in [1.165, 1.54) is 6.08 Å². The number of hydrogen-bond donors (Lipinski definition) is 1. The molecule has 24 heavy (non-hydrogen) atoms. The molecule has 0 unspecified atom stereocenters. The van der Waals surface area contributed by atoms with Gasteiger partial charge in [-0.3, -0.25) is 4.79 Å². The summed E-state index contributed by atoms with van der Waals surface area (Å²) in [6.07, 6.45) is 3.06. The fraction of sp³-hybridized carbons (Fsp3) is 0.200. The van der Waals surface area contributed by atoms with Crippen molar-refractivity contribution in [1.29, 1.82) is 0 Å². The summed E-state index contributed by atoms with van der Waals surface area (Å²) in [6.45, 7) is 6.05. The zero-order chi connectivity index (χ0) is 17.5. The molecule has 0 spiro atoms. The Labute approximate surface area is 142 Å². The minimum atomic E-state index is -0.371. The number of nitrogens with one attached hydrogen (secondary N) is 1. The average Bonchev–Trinajstić information content (AvgIpc) is 2.53. The van der Waals surface area contributed by atoms with Crippen molar-refractivity contribution >= 4 is 23.6 Å². The second kappa shape index (κ2) is 8.11. The Bertz CT molecular complexity index is 741. The smallest absolute Gasteiger partial charge is 0.330 e. The summed E-state index contributed by atoms with van der Waals surface area (Å²) in [7, 11) is 0. The number of hydrogen-bond acceptors (Lipinski definition) is 3. The van der Waals surface area contributed by atoms with Crippen LogP contribution in [0, 0.1) is 13.8 Å². The van der Waals surface area contributed by atoms with Crippen molar-refractivity contribution in [2.75, 3.05) is 11.9 Å². The Morgan fingerprint density at radius 2 is 1.67 bits per heavy atom. The highest BCUT2D eigenvalue weighted by molar-refractivity contribution is 6.04. The number of aryl methyl sites for hydroxylation is 2. The van der Waals surface area contributed by atoms with Crippen molar-refractivity contribution in [2.24, 2.45) is 0 Å². The third-order valence-electron chi connectivity index (χ3n) is 3.35. The van der Waals surface area contributed by atoms with E-state index in [0.29, 0.717) is 17.9 Å². The largest absolute Gasteiger partial charge is 0.463 e. The van der Waals surface area contributed by atoms with Gasteiger partial charge in [-0.25, -0.2) is 4.79 Å². The molecule has 1 amide bonds. The molecule has 0 atom stereocenters. The summed E-state index contributed by atoms with van der Waals surface area (Å²) in [4.78, 5) is 23.6. The second-order valence-electron chi connectivity index (χ2n) is 5.54. The lowest BCUT2D eigenvalue weighted by Crippen LogP contribution is -2.12. The minimum Gasteiger partial charge on any atom is -0.463 e. The van der Waals surface area contributed by atoms with E-state index >= 15 is 0 Å². The molecule has 0 aliphatic heterocycles. The van der Waals surface area contributed by atoms with Crippen LogP contribution in [0.25, 0.3) is 6.08 Å². The third-order valence-corrected chi connectivity index (χ3v) is 3.35. The lowest BCUT2D eigenvalue weighted by Gasteiger charge is -2.07. The van der Waals surface area contributed by atoms with Gasteiger partial charge in [0, 0.05) is 17.3 Å². The van der Waals surface area contributed by atoms with E-state index in [4.69, 9.17) is 4.74 Å². The maximum absolute atomic E-state index is 12.3. The van der Waals surface area contributed by atoms with E-state index in [1.54, 1.807) is 25.1 Å². The van der Waals surface area contributed by atoms with Gasteiger partial charge in [-0.1, -0.05) is 29.3 Å². The summed E-state index contributed by atoms with van der Waals surface area (Å²) in [5.74, 6) is -0.513. The number of anilines is 1. The molecule has 0 saturated heterocycles. The predicted molar refractivity (Wildman–Crippen MR) is 96.0 cm³/mol. The highest BCUT2D eigenvalue weighted by Crippen LogP contribution is 2.14. The number of carbonyl (C=O) groups is 2. The first-order chi connectivity index (χ1) is 11.5. The van der Waals surface area contributed by atoms with Gasteiger partial charge in [-0.2, -0.15) is 0 Å². The molecule has 1 N–H and O–H groups in total. The lowest BCUT2D eigenvalue weighted by molar-refractivity contribution is -0.137. The third kappa shape index (κ3) is 5.09. The maximum atomic E-state index is 12.3. The molecular weight excluding hydrogens is 302 g/mol. The van der Waals surface area contributed by atoms with Gasteiger partial charge >= 0.3 is 5.97 Å². The monoisotopic (exact) mass is 323 g/mol. The Kier molecular flexibility index (Phi) is 5.90. The normalized spacial score (nSPS) is 10.6. The molecule has 0 aliphatic carbocycles. The van der Waals surface area contributed by atoms with Gasteiger partial charge in [0.15, 0.2) is 0 Å². The topological polar surface area (TPSA) is 55.4 Å². The molecule has 0 radical (unpaired) electrons. The van der Waals surface area contributed by atoms with Crippen molar-refractivity contribution < 1.29 is 14.3 Å². The van der Waals surface area contributed by atoms with Crippen LogP contribution in [0.5, 0.6) is 0 Å². The van der Waals surface area contributed by atoms with Crippen LogP contribution in [0.3, 0.4) is 0 Å². The zero-order valence-electron chi connectivity index (χ0n) is 14.1. The first kappa shape index (κ1) is 17.5. The standard InChI is InChI=1S/C20H21NO3/c1-4-24-19(22)10-7-16-5-8-18(9-6-16)21-20(23)17-12-14(2)11-15(3)13-17/h5-13H,4H2,1-3H3,(H,21,23)/b10-7+. The quantitative estimate of drug-likeness (QED) is 0.665. The van der Waals surface area contributed by atoms with Crippen LogP contribution in [0.4, 0.5) is 5.69 Å². The molecule has 0 bridgehead atoms. The zero-order valence-corrected chi connectivity index (χ0v) is 14.1. The predicted octanol–water partition coefficient (Wildman–Crippen LogP) is 4.13. The van der Waals surface area contributed by atoms with E-state index < -0.39 is 0 Å². The van der Waals surface area contributed by atoms with E-state index in [1.807, 2.05) is 44.2 Å². The molecule has 2 rings (SSSR count). The summed E-state index contributed by atoms with van der Waals surface area (Å²) in [5, 5.41) is 2.87. The van der Waals surface area contributed by atoms with Crippen LogP contribution in [0.15, 0.2) is 48.5 Å². The first-order valence-electron chi connectivity index (χ1n) is 7.82. The van der Waals surface area contributed by atoms with Crippen LogP contribution >= 0.6 is 0 Å². The summed E-state index contributed by atoms with van der Waals surface area (Å²) in [5.41, 5.74) is 4.30. The number of esters is 1. The van der Waals surface area contributed by atoms with Crippen molar-refractivity contribution in [3.05, 3.63) is 70.8 Å². The molecule has 4 nitrogen and oxygen atoms in total. The fourth-order valence-electron chi connectivity index (χ4n) is 2.34. The fourth-order valence-corrected chi connectivity index (χ4v) is 2.34. The van der Waals surface area contributed by atoms with Crippen LogP contribution in [-0.4, -0.2) is 18.5 Å². The number of carbonyl (C=O) groups excluding carboxylic acids is 2. The molecule has 2 aromatic rings. The SMILES string of the molecule is CCOC(=O)/C=C/c1ccc(NC(=O)c2cc(C)cc(C)c2)cc1. The maximum Gasteiger partial charge on any atom is 0.330 e. The van der Waals surface area contributed by atoms with Gasteiger partial charge in [0.25, 0.3) is 5.91 Å². The number of benzene rings is 2. The summed E-state index contributed by atoms with van der Waals surface area (Å²) >= 11 is 0. The molecule has 4 heteroatoms. The number of ether oxygens (including phenoxy) is 1. The van der Waals surface area contributed by atoms with Crippen molar-refractivity contribution in [3.63, 3.8) is 0 Å². The lowest BCUT2D eigenvalue weighted by atomic mass is 10.1. The molecular formula is C20H21NO3. The van der Waals surface area contributed by atoms with Gasteiger partial charge in [-0.05, 0) is 56.7 Å². The molecule has 0 aliphatic rings. The van der Waals surface area contributed by atoms with Crippen molar-refractivity contribution in [1.82, 2.24) is 0 Å². The van der Waals surface area contributed by atoms with Crippen LogP contribution < -0.4 is 5.32 Å². The van der Waals surface area contributed by atoms with Gasteiger partial charge in [0.05, 0.1) is 6.61 Å². The average molecular weight is 323 g/mol. The summed E-state index contributed by atoms with van der Waals surface area (Å²) in [6, 6.07) is 13.0. The van der Waals surface area contributed by atoms with E-state index in [0.717, 1.165) is 16.7 Å². The molecule has 124 valence electrons. The van der Waals surface area contributed by atoms with Gasteiger partial charge < -0.3 is 10.1 Å². The Balaban J connectivity index is 2.03. The second-order valence-corrected chi connectivity index (χ2v) is 5.54. The van der Waals surface area contributed by atoms with Crippen LogP contribution in [0.2, 0.25) is 0 Å². The molecule has 0 saturated carbocycles. The first-order valence-corrected chi connectivity index (χ1v) is 7.82. The molecule has 0 aromatic heterocycles. The Morgan fingerprint density at radius 1 is 1.04 bits per heavy atom. The van der Waals surface area contributed by atoms with Crippen molar-refractivity contribution in [2.45, 2.75) is 20.8 Å². The molecule has 0 heterocycles. The highest BCUT2D eigenvalue weighted by Gasteiger charge is 2.07. The number of rotatable bonds is 5. The molecule has 2 aromatic carbocycles. The van der Waals surface area contributed by atoms with E-state index in [9.17, 15) is 9.59 Å². The molecule has 0 fully saturated rings. The Morgan fingerprint density at radius 3 is 2.25 bits per heavy atom. The van der Waals surface area contributed by atoms with Gasteiger partial charge in [-0.15, -0.1) is 0 Å². The van der Waals surface area contributed by atoms with Gasteiger partial charge in [0.2, 0.25) is 0 Å². The van der Waals surface area contributed by atoms with E-state index in [-0.39, 0.29) is 11.9 Å². The number of amides is 1. The van der Waals surface area contributed by atoms with Crippen molar-refractivity contribution in [3.8, 4) is 0 Å². The summed E-state index contributed by atoms with van der Waals surface area (Å²) < 4.78 is 4.83. The Hall–Kier alpha value is -2.88. The van der Waals surface area contributed by atoms with Gasteiger partial charge in [0.1, 0.15) is 0 Å². The minimum absolute atomic E-state index is 0.142. The van der Waals surface area contributed by atoms with E-state index in [2.05, 4.69) is 5.32 Å².